The normalized spacial score (nSPS) is 11.3. The molecular formula is C11H12N4O5. The van der Waals surface area contributed by atoms with E-state index in [1.807, 2.05) is 0 Å². The summed E-state index contributed by atoms with van der Waals surface area (Å²) < 4.78 is 1.37. The Morgan fingerprint density at radius 3 is 2.85 bits per heavy atom. The fourth-order valence-electron chi connectivity index (χ4n) is 1.38. The number of carbonyl (C=O) groups excluding carboxylic acids is 1. The van der Waals surface area contributed by atoms with Crippen molar-refractivity contribution in [1.29, 1.82) is 0 Å². The monoisotopic (exact) mass is 280 g/mol. The minimum Gasteiger partial charge on any atom is -0.480 e. The number of carboxylic acid groups (broad SMARTS) is 1. The van der Waals surface area contributed by atoms with Crippen LogP contribution >= 0.6 is 0 Å². The zero-order valence-electron chi connectivity index (χ0n) is 10.4. The van der Waals surface area contributed by atoms with Crippen molar-refractivity contribution in [2.75, 3.05) is 0 Å². The second-order valence-corrected chi connectivity index (χ2v) is 3.84. The van der Waals surface area contributed by atoms with E-state index in [1.54, 1.807) is 0 Å². The third-order valence-corrected chi connectivity index (χ3v) is 2.36. The van der Waals surface area contributed by atoms with Crippen LogP contribution in [0.25, 0.3) is 0 Å². The maximum atomic E-state index is 11.5. The molecule has 1 aromatic heterocycles. The number of terminal acetylenes is 1. The molecule has 9 heteroatoms. The van der Waals surface area contributed by atoms with Crippen LogP contribution in [-0.4, -0.2) is 37.5 Å². The smallest absolute Gasteiger partial charge is 0.381 e. The number of aromatic nitrogens is 2. The zero-order chi connectivity index (χ0) is 15.1. The van der Waals surface area contributed by atoms with Crippen LogP contribution in [0, 0.1) is 22.5 Å². The number of aliphatic carboxylic acids is 1. The fourth-order valence-corrected chi connectivity index (χ4v) is 1.38. The first-order valence-corrected chi connectivity index (χ1v) is 5.56. The van der Waals surface area contributed by atoms with Crippen molar-refractivity contribution < 1.29 is 19.6 Å². The molecule has 0 saturated heterocycles. The summed E-state index contributed by atoms with van der Waals surface area (Å²) in [4.78, 5) is 35.6. The van der Waals surface area contributed by atoms with Gasteiger partial charge in [0, 0.05) is 19.4 Å². The van der Waals surface area contributed by atoms with E-state index < -0.39 is 22.8 Å². The molecule has 1 atom stereocenters. The number of carboxylic acids is 1. The number of aryl methyl sites for hydroxylation is 1. The molecule has 1 heterocycles. The number of nitro groups is 1. The summed E-state index contributed by atoms with van der Waals surface area (Å²) in [7, 11) is 0. The Morgan fingerprint density at radius 1 is 1.65 bits per heavy atom. The van der Waals surface area contributed by atoms with Gasteiger partial charge in [-0.3, -0.25) is 4.79 Å². The van der Waals surface area contributed by atoms with Crippen molar-refractivity contribution >= 4 is 17.7 Å². The number of amides is 1. The van der Waals surface area contributed by atoms with Crippen molar-refractivity contribution in [3.63, 3.8) is 0 Å². The van der Waals surface area contributed by atoms with E-state index in [4.69, 9.17) is 11.5 Å². The molecule has 0 aliphatic rings. The van der Waals surface area contributed by atoms with Crippen LogP contribution in [0.3, 0.4) is 0 Å². The van der Waals surface area contributed by atoms with Crippen molar-refractivity contribution in [2.24, 2.45) is 0 Å². The molecule has 0 aliphatic heterocycles. The maximum absolute atomic E-state index is 11.5. The Hall–Kier alpha value is -2.89. The standard InChI is InChI=1S/C11H12N4O5/c1-2-3-8(11(17)18)13-10(16)4-5-14-6-9(12-7-14)15(19)20/h1,6-8H,3-5H2,(H,13,16)(H,17,18). The number of imidazole rings is 1. The molecule has 0 fully saturated rings. The van der Waals surface area contributed by atoms with Gasteiger partial charge in [-0.25, -0.2) is 4.79 Å². The van der Waals surface area contributed by atoms with E-state index in [0.717, 1.165) is 0 Å². The molecule has 0 radical (unpaired) electrons. The predicted octanol–water partition coefficient (Wildman–Crippen LogP) is -0.226. The molecule has 2 N–H and O–H groups in total. The quantitative estimate of drug-likeness (QED) is 0.403. The predicted molar refractivity (Wildman–Crippen MR) is 66.5 cm³/mol. The Morgan fingerprint density at radius 2 is 2.35 bits per heavy atom. The first kappa shape index (κ1) is 15.2. The minimum atomic E-state index is -1.21. The molecule has 0 aliphatic carbocycles. The summed E-state index contributed by atoms with van der Waals surface area (Å²) in [5.74, 6) is 0.116. The molecule has 20 heavy (non-hydrogen) atoms. The van der Waals surface area contributed by atoms with Crippen molar-refractivity contribution in [3.8, 4) is 12.3 Å². The van der Waals surface area contributed by atoms with Gasteiger partial charge in [-0.15, -0.1) is 12.3 Å². The lowest BCUT2D eigenvalue weighted by atomic mass is 10.2. The molecule has 1 amide bonds. The molecule has 1 rings (SSSR count). The van der Waals surface area contributed by atoms with Crippen LogP contribution in [0.4, 0.5) is 5.82 Å². The molecule has 1 unspecified atom stereocenters. The van der Waals surface area contributed by atoms with Gasteiger partial charge in [0.1, 0.15) is 12.2 Å². The lowest BCUT2D eigenvalue weighted by molar-refractivity contribution is -0.389. The van der Waals surface area contributed by atoms with Gasteiger partial charge in [0.15, 0.2) is 0 Å². The molecule has 106 valence electrons. The van der Waals surface area contributed by atoms with E-state index in [0.29, 0.717) is 0 Å². The molecule has 9 nitrogen and oxygen atoms in total. The molecule has 0 bridgehead atoms. The minimum absolute atomic E-state index is 0.0398. The van der Waals surface area contributed by atoms with E-state index in [-0.39, 0.29) is 25.2 Å². The van der Waals surface area contributed by atoms with E-state index in [1.165, 1.54) is 17.1 Å². The summed E-state index contributed by atoms with van der Waals surface area (Å²) in [5.41, 5.74) is 0. The van der Waals surface area contributed by atoms with Crippen LogP contribution in [-0.2, 0) is 16.1 Å². The SMILES string of the molecule is C#CCC(NC(=O)CCn1cnc([N+](=O)[O-])c1)C(=O)O. The molecule has 0 aromatic carbocycles. The second kappa shape index (κ2) is 6.89. The van der Waals surface area contributed by atoms with Crippen LogP contribution < -0.4 is 5.32 Å². The van der Waals surface area contributed by atoms with Gasteiger partial charge in [0.2, 0.25) is 12.2 Å². The lowest BCUT2D eigenvalue weighted by Gasteiger charge is -2.11. The van der Waals surface area contributed by atoms with Crippen LogP contribution in [0.5, 0.6) is 0 Å². The number of rotatable bonds is 7. The molecule has 1 aromatic rings. The number of nitrogens with one attached hydrogen (secondary N) is 1. The first-order valence-electron chi connectivity index (χ1n) is 5.56. The van der Waals surface area contributed by atoms with Crippen LogP contribution in [0.1, 0.15) is 12.8 Å². The zero-order valence-corrected chi connectivity index (χ0v) is 10.4. The fraction of sp³-hybridized carbons (Fsp3) is 0.364. The maximum Gasteiger partial charge on any atom is 0.381 e. The summed E-state index contributed by atoms with van der Waals surface area (Å²) in [6.45, 7) is 0.148. The van der Waals surface area contributed by atoms with Gasteiger partial charge in [0.25, 0.3) is 0 Å². The third-order valence-electron chi connectivity index (χ3n) is 2.36. The number of carbonyl (C=O) groups is 2. The van der Waals surface area contributed by atoms with Crippen molar-refractivity contribution in [1.82, 2.24) is 14.9 Å². The molecule has 0 saturated carbocycles. The largest absolute Gasteiger partial charge is 0.480 e. The highest BCUT2D eigenvalue weighted by Gasteiger charge is 2.18. The Balaban J connectivity index is 2.48. The van der Waals surface area contributed by atoms with E-state index >= 15 is 0 Å². The molecular weight excluding hydrogens is 268 g/mol. The summed E-state index contributed by atoms with van der Waals surface area (Å²) in [5, 5.41) is 21.5. The Kier molecular flexibility index (Phi) is 5.22. The van der Waals surface area contributed by atoms with Gasteiger partial charge in [-0.1, -0.05) is 0 Å². The van der Waals surface area contributed by atoms with Gasteiger partial charge in [-0.2, -0.15) is 0 Å². The van der Waals surface area contributed by atoms with Crippen LogP contribution in [0.15, 0.2) is 12.5 Å². The number of hydrogen-bond donors (Lipinski definition) is 2. The van der Waals surface area contributed by atoms with Gasteiger partial charge in [0.05, 0.1) is 0 Å². The highest BCUT2D eigenvalue weighted by atomic mass is 16.6. The van der Waals surface area contributed by atoms with Crippen LogP contribution in [0.2, 0.25) is 0 Å². The first-order chi connectivity index (χ1) is 9.43. The molecule has 0 spiro atoms. The summed E-state index contributed by atoms with van der Waals surface area (Å²) in [6.07, 6.45) is 7.25. The average Bonchev–Trinajstić information content (AvgIpc) is 2.84. The number of hydrogen-bond acceptors (Lipinski definition) is 5. The number of nitrogens with zero attached hydrogens (tertiary/aromatic N) is 3. The summed E-state index contributed by atoms with van der Waals surface area (Å²) in [6, 6.07) is -1.13. The highest BCUT2D eigenvalue weighted by molar-refractivity contribution is 5.83. The van der Waals surface area contributed by atoms with Gasteiger partial charge in [-0.05, 0) is 9.91 Å². The third kappa shape index (κ3) is 4.41. The van der Waals surface area contributed by atoms with Crippen molar-refractivity contribution in [3.05, 3.63) is 22.6 Å². The topological polar surface area (TPSA) is 127 Å². The Labute approximate surface area is 113 Å². The second-order valence-electron chi connectivity index (χ2n) is 3.84. The van der Waals surface area contributed by atoms with Crippen molar-refractivity contribution in [2.45, 2.75) is 25.4 Å². The van der Waals surface area contributed by atoms with E-state index in [9.17, 15) is 19.7 Å². The summed E-state index contributed by atoms with van der Waals surface area (Å²) >= 11 is 0. The lowest BCUT2D eigenvalue weighted by Crippen LogP contribution is -2.40. The highest BCUT2D eigenvalue weighted by Crippen LogP contribution is 2.06. The Bertz CT molecular complexity index is 559. The van der Waals surface area contributed by atoms with E-state index in [2.05, 4.69) is 16.2 Å². The average molecular weight is 280 g/mol. The van der Waals surface area contributed by atoms with Gasteiger partial charge >= 0.3 is 11.8 Å². The van der Waals surface area contributed by atoms with Gasteiger partial charge < -0.3 is 25.1 Å².